The van der Waals surface area contributed by atoms with Gasteiger partial charge in [-0.25, -0.2) is 4.79 Å². The highest BCUT2D eigenvalue weighted by Crippen LogP contribution is 2.81. The van der Waals surface area contributed by atoms with Crippen LogP contribution in [0, 0.1) is 33.5 Å². The number of furan rings is 1. The maximum Gasteiger partial charge on any atom is 0.339 e. The molecule has 4 heterocycles. The van der Waals surface area contributed by atoms with Crippen molar-refractivity contribution in [2.24, 2.45) is 33.5 Å². The first-order chi connectivity index (χ1) is 18.8. The zero-order valence-electron chi connectivity index (χ0n) is 23.8. The summed E-state index contributed by atoms with van der Waals surface area (Å²) in [6, 6.07) is 1.81. The van der Waals surface area contributed by atoms with Crippen molar-refractivity contribution >= 4 is 17.9 Å². The molecule has 40 heavy (non-hydrogen) atoms. The first kappa shape index (κ1) is 26.5. The summed E-state index contributed by atoms with van der Waals surface area (Å²) in [6.45, 7) is 11.3. The summed E-state index contributed by atoms with van der Waals surface area (Å²) in [6.07, 6.45) is 0.638. The molecule has 1 N–H and O–H groups in total. The third-order valence-corrected chi connectivity index (χ3v) is 12.3. The Bertz CT molecular complexity index is 1280. The summed E-state index contributed by atoms with van der Waals surface area (Å²) in [5.41, 5.74) is -3.13. The molecule has 1 spiro atoms. The van der Waals surface area contributed by atoms with Gasteiger partial charge in [-0.05, 0) is 24.8 Å². The molecule has 0 aromatic carbocycles. The van der Waals surface area contributed by atoms with Crippen LogP contribution in [0.25, 0.3) is 0 Å². The lowest BCUT2D eigenvalue weighted by atomic mass is 9.34. The number of cyclic esters (lactones) is 1. The molecule has 0 amide bonds. The number of carbonyl (C=O) groups is 3. The topological polar surface area (TPSA) is 134 Å². The monoisotopic (exact) mass is 558 g/mol. The van der Waals surface area contributed by atoms with Crippen LogP contribution in [0.3, 0.4) is 0 Å². The quantitative estimate of drug-likeness (QED) is 0.335. The van der Waals surface area contributed by atoms with Gasteiger partial charge in [0.05, 0.1) is 31.3 Å². The smallest absolute Gasteiger partial charge is 0.339 e. The van der Waals surface area contributed by atoms with E-state index in [0.717, 1.165) is 5.56 Å². The summed E-state index contributed by atoms with van der Waals surface area (Å²) in [5, 5.41) is 12.4. The second kappa shape index (κ2) is 7.89. The molecule has 218 valence electrons. The van der Waals surface area contributed by atoms with E-state index in [4.69, 9.17) is 28.1 Å². The Hall–Kier alpha value is -2.43. The van der Waals surface area contributed by atoms with Gasteiger partial charge in [0, 0.05) is 53.4 Å². The van der Waals surface area contributed by atoms with Crippen molar-refractivity contribution in [3.05, 3.63) is 24.2 Å². The van der Waals surface area contributed by atoms with Crippen molar-refractivity contribution < 1.29 is 47.6 Å². The van der Waals surface area contributed by atoms with Crippen LogP contribution >= 0.6 is 0 Å². The average molecular weight is 559 g/mol. The molecule has 0 bridgehead atoms. The van der Waals surface area contributed by atoms with E-state index in [2.05, 4.69) is 20.8 Å². The van der Waals surface area contributed by atoms with E-state index in [9.17, 15) is 19.5 Å². The highest BCUT2D eigenvalue weighted by atomic mass is 16.7. The number of hydrogen-bond donors (Lipinski definition) is 1. The number of fused-ring (bicyclic) bond motifs is 2. The fourth-order valence-corrected chi connectivity index (χ4v) is 10.8. The van der Waals surface area contributed by atoms with Gasteiger partial charge in [-0.15, -0.1) is 0 Å². The van der Waals surface area contributed by atoms with Gasteiger partial charge in [-0.1, -0.05) is 27.7 Å². The standard InChI is InChI=1S/C30H38O10/c1-14(31)37-18-11-19(38-15(2)32)28(5)17-7-9-27(4)23(16-8-10-35-12-16)39-25(34)24-30(27,40-24)29(17,6)22(33)20-21(28)26(18,3)13-36-20/h8,10,12,17-24,33H,7,9,11,13H2,1-6H3/t17-,18-,19+,20-,21+,22-,23+,24+,26-,27+,28+,29+,30+/m1/s1. The van der Waals surface area contributed by atoms with E-state index < -0.39 is 81.8 Å². The van der Waals surface area contributed by atoms with Crippen LogP contribution < -0.4 is 0 Å². The molecule has 3 aliphatic heterocycles. The fourth-order valence-electron chi connectivity index (χ4n) is 10.8. The summed E-state index contributed by atoms with van der Waals surface area (Å²) < 4.78 is 36.2. The fraction of sp³-hybridized carbons (Fsp3) is 0.767. The highest BCUT2D eigenvalue weighted by Gasteiger charge is 2.90. The van der Waals surface area contributed by atoms with Crippen molar-refractivity contribution in [2.75, 3.05) is 6.61 Å². The van der Waals surface area contributed by atoms with Crippen LogP contribution in [0.1, 0.15) is 72.5 Å². The molecule has 6 aliphatic rings. The Balaban J connectivity index is 1.40. The highest BCUT2D eigenvalue weighted by molar-refractivity contribution is 5.82. The van der Waals surface area contributed by atoms with Gasteiger partial charge in [0.25, 0.3) is 0 Å². The van der Waals surface area contributed by atoms with Crippen LogP contribution in [-0.2, 0) is 38.1 Å². The number of aliphatic hydroxyl groups is 1. The Labute approximate surface area is 233 Å². The first-order valence-electron chi connectivity index (χ1n) is 14.3. The van der Waals surface area contributed by atoms with Crippen LogP contribution in [-0.4, -0.2) is 65.7 Å². The molecule has 7 rings (SSSR count). The maximum absolute atomic E-state index is 13.4. The van der Waals surface area contributed by atoms with Crippen molar-refractivity contribution in [3.8, 4) is 0 Å². The van der Waals surface area contributed by atoms with E-state index in [1.165, 1.54) is 13.8 Å². The van der Waals surface area contributed by atoms with Gasteiger partial charge in [0.15, 0.2) is 6.10 Å². The van der Waals surface area contributed by atoms with Gasteiger partial charge in [-0.2, -0.15) is 0 Å². The van der Waals surface area contributed by atoms with E-state index in [0.29, 0.717) is 19.3 Å². The molecule has 3 saturated carbocycles. The van der Waals surface area contributed by atoms with Crippen LogP contribution in [0.2, 0.25) is 0 Å². The van der Waals surface area contributed by atoms with E-state index >= 15 is 0 Å². The molecule has 10 heteroatoms. The SMILES string of the molecule is CC(=O)O[C@H]1C[C@@H](OC(C)=O)[C@@]2(C)CO[C@H]3[C@@H](O)[C@]4(C)[C@H](CC[C@@]5(C)[C@H](c6ccoc6)OC(=O)[C@@H]6O[C@]645)[C@]1(C)[C@@H]32. The molecule has 0 unspecified atom stereocenters. The van der Waals surface area contributed by atoms with E-state index in [-0.39, 0.29) is 18.4 Å². The van der Waals surface area contributed by atoms with Gasteiger partial charge in [0.2, 0.25) is 0 Å². The molecule has 3 aliphatic carbocycles. The average Bonchev–Trinajstić information content (AvgIpc) is 3.24. The lowest BCUT2D eigenvalue weighted by Crippen LogP contribution is -2.77. The Morgan fingerprint density at radius 2 is 1.75 bits per heavy atom. The molecule has 13 atom stereocenters. The predicted molar refractivity (Wildman–Crippen MR) is 135 cm³/mol. The molecule has 6 fully saturated rings. The Kier molecular flexibility index (Phi) is 5.22. The van der Waals surface area contributed by atoms with Gasteiger partial charge < -0.3 is 33.2 Å². The van der Waals surface area contributed by atoms with Crippen LogP contribution in [0.15, 0.2) is 23.0 Å². The number of rotatable bonds is 3. The molecular formula is C30H38O10. The van der Waals surface area contributed by atoms with E-state index in [1.807, 2.05) is 6.92 Å². The van der Waals surface area contributed by atoms with Crippen LogP contribution in [0.5, 0.6) is 0 Å². The van der Waals surface area contributed by atoms with Crippen molar-refractivity contribution in [1.82, 2.24) is 0 Å². The number of hydrogen-bond acceptors (Lipinski definition) is 10. The second-order valence-corrected chi connectivity index (χ2v) is 13.9. The molecule has 1 aromatic rings. The third-order valence-electron chi connectivity index (χ3n) is 12.3. The normalized spacial score (nSPS) is 53.7. The number of carbonyl (C=O) groups excluding carboxylic acids is 3. The number of epoxide rings is 1. The Morgan fingerprint density at radius 3 is 2.40 bits per heavy atom. The van der Waals surface area contributed by atoms with Crippen molar-refractivity contribution in [3.63, 3.8) is 0 Å². The molecule has 0 radical (unpaired) electrons. The lowest BCUT2D eigenvalue weighted by molar-refractivity contribution is -0.303. The van der Waals surface area contributed by atoms with Gasteiger partial charge >= 0.3 is 17.9 Å². The second-order valence-electron chi connectivity index (χ2n) is 13.9. The predicted octanol–water partition coefficient (Wildman–Crippen LogP) is 3.11. The van der Waals surface area contributed by atoms with Crippen LogP contribution in [0.4, 0.5) is 0 Å². The molecule has 10 nitrogen and oxygen atoms in total. The van der Waals surface area contributed by atoms with Crippen molar-refractivity contribution in [2.45, 2.75) is 103 Å². The Morgan fingerprint density at radius 1 is 1.05 bits per heavy atom. The third kappa shape index (κ3) is 2.78. The minimum absolute atomic E-state index is 0.200. The number of aliphatic hydroxyl groups excluding tert-OH is 1. The molecular weight excluding hydrogens is 520 g/mol. The van der Waals surface area contributed by atoms with Gasteiger partial charge in [-0.3, -0.25) is 9.59 Å². The summed E-state index contributed by atoms with van der Waals surface area (Å²) >= 11 is 0. The largest absolute Gasteiger partial charge is 0.472 e. The zero-order valence-corrected chi connectivity index (χ0v) is 23.8. The summed E-state index contributed by atoms with van der Waals surface area (Å²) in [4.78, 5) is 38.0. The number of esters is 3. The zero-order chi connectivity index (χ0) is 28.6. The lowest BCUT2D eigenvalue weighted by Gasteiger charge is -2.70. The first-order valence-corrected chi connectivity index (χ1v) is 14.3. The minimum Gasteiger partial charge on any atom is -0.472 e. The van der Waals surface area contributed by atoms with Crippen molar-refractivity contribution in [1.29, 1.82) is 0 Å². The summed E-state index contributed by atoms with van der Waals surface area (Å²) in [7, 11) is 0. The molecule has 1 aromatic heterocycles. The summed E-state index contributed by atoms with van der Waals surface area (Å²) in [5.74, 6) is -1.74. The minimum atomic E-state index is -1.02. The van der Waals surface area contributed by atoms with E-state index in [1.54, 1.807) is 18.6 Å². The van der Waals surface area contributed by atoms with Gasteiger partial charge in [0.1, 0.15) is 23.9 Å². The number of ether oxygens (including phenoxy) is 5. The maximum atomic E-state index is 13.4. The molecule has 3 saturated heterocycles.